The monoisotopic (exact) mass is 225 g/mol. The maximum atomic E-state index is 12.0. The molecular formula is C7H6F3NO2S. The molecule has 0 saturated carbocycles. The van der Waals surface area contributed by atoms with Crippen molar-refractivity contribution in [2.45, 2.75) is 19.2 Å². The number of rotatable bonds is 2. The molecule has 0 saturated heterocycles. The van der Waals surface area contributed by atoms with E-state index in [-0.39, 0.29) is 9.88 Å². The fourth-order valence-electron chi connectivity index (χ4n) is 0.737. The van der Waals surface area contributed by atoms with Crippen molar-refractivity contribution in [2.75, 3.05) is 0 Å². The molecule has 0 aliphatic carbocycles. The van der Waals surface area contributed by atoms with Crippen molar-refractivity contribution in [1.82, 2.24) is 4.98 Å². The number of Topliss-reactive ketones (excluding diaryl/α,β-unsaturated/α-hetero) is 1. The first-order valence-electron chi connectivity index (χ1n) is 3.54. The summed E-state index contributed by atoms with van der Waals surface area (Å²) in [4.78, 5) is 13.8. The van der Waals surface area contributed by atoms with E-state index >= 15 is 0 Å². The van der Waals surface area contributed by atoms with Crippen molar-refractivity contribution in [3.05, 3.63) is 16.1 Å². The van der Waals surface area contributed by atoms with Crippen molar-refractivity contribution in [3.8, 4) is 0 Å². The second-order valence-corrected chi connectivity index (χ2v) is 3.63. The van der Waals surface area contributed by atoms with Gasteiger partial charge < -0.3 is 5.11 Å². The van der Waals surface area contributed by atoms with Crippen molar-refractivity contribution >= 4 is 17.1 Å². The standard InChI is InChI=1S/C7H6F3NO2S/c1-3(12)6-11-2-4(14-6)5(13)7(8,9)10/h2,5,13H,1H3. The first-order valence-corrected chi connectivity index (χ1v) is 4.35. The van der Waals surface area contributed by atoms with Crippen LogP contribution in [0.3, 0.4) is 0 Å². The molecule has 0 radical (unpaired) electrons. The molecule has 0 fully saturated rings. The van der Waals surface area contributed by atoms with Gasteiger partial charge in [-0.1, -0.05) is 0 Å². The minimum Gasteiger partial charge on any atom is -0.379 e. The normalized spacial score (nSPS) is 14.1. The molecule has 0 aliphatic heterocycles. The van der Waals surface area contributed by atoms with E-state index in [0.717, 1.165) is 6.20 Å². The van der Waals surface area contributed by atoms with Gasteiger partial charge in [0.25, 0.3) is 0 Å². The number of hydrogen-bond acceptors (Lipinski definition) is 4. The van der Waals surface area contributed by atoms with Crippen LogP contribution in [0.5, 0.6) is 0 Å². The largest absolute Gasteiger partial charge is 0.419 e. The smallest absolute Gasteiger partial charge is 0.379 e. The van der Waals surface area contributed by atoms with E-state index in [1.54, 1.807) is 0 Å². The van der Waals surface area contributed by atoms with Gasteiger partial charge in [-0.25, -0.2) is 4.98 Å². The van der Waals surface area contributed by atoms with Crippen LogP contribution in [-0.2, 0) is 0 Å². The molecule has 0 spiro atoms. The molecule has 1 rings (SSSR count). The molecule has 7 heteroatoms. The van der Waals surface area contributed by atoms with E-state index in [2.05, 4.69) is 4.98 Å². The predicted octanol–water partition coefficient (Wildman–Crippen LogP) is 1.94. The van der Waals surface area contributed by atoms with Crippen molar-refractivity contribution in [1.29, 1.82) is 0 Å². The lowest BCUT2D eigenvalue weighted by atomic mass is 10.3. The van der Waals surface area contributed by atoms with Crippen LogP contribution < -0.4 is 0 Å². The molecule has 14 heavy (non-hydrogen) atoms. The zero-order chi connectivity index (χ0) is 10.9. The quantitative estimate of drug-likeness (QED) is 0.782. The van der Waals surface area contributed by atoms with E-state index in [0.29, 0.717) is 11.3 Å². The second-order valence-electron chi connectivity index (χ2n) is 2.57. The van der Waals surface area contributed by atoms with E-state index < -0.39 is 18.1 Å². The summed E-state index contributed by atoms with van der Waals surface area (Å²) in [6.45, 7) is 1.20. The first-order chi connectivity index (χ1) is 6.32. The number of thiazole rings is 1. The Bertz CT molecular complexity index is 347. The van der Waals surface area contributed by atoms with Crippen LogP contribution in [0.1, 0.15) is 27.7 Å². The molecule has 0 aliphatic rings. The molecule has 0 amide bonds. The Morgan fingerprint density at radius 2 is 2.21 bits per heavy atom. The van der Waals surface area contributed by atoms with Gasteiger partial charge in [0.2, 0.25) is 0 Å². The fraction of sp³-hybridized carbons (Fsp3) is 0.429. The Morgan fingerprint density at radius 3 is 2.57 bits per heavy atom. The number of aliphatic hydroxyl groups excluding tert-OH is 1. The molecular weight excluding hydrogens is 219 g/mol. The van der Waals surface area contributed by atoms with E-state index in [9.17, 15) is 18.0 Å². The van der Waals surface area contributed by atoms with Gasteiger partial charge in [0, 0.05) is 13.1 Å². The topological polar surface area (TPSA) is 50.2 Å². The molecule has 1 N–H and O–H groups in total. The number of carbonyl (C=O) groups is 1. The third-order valence-corrected chi connectivity index (χ3v) is 2.55. The molecule has 1 unspecified atom stereocenters. The average molecular weight is 225 g/mol. The number of halogens is 3. The number of hydrogen-bond donors (Lipinski definition) is 1. The highest BCUT2D eigenvalue weighted by atomic mass is 32.1. The SMILES string of the molecule is CC(=O)c1ncc(C(O)C(F)(F)F)s1. The minimum absolute atomic E-state index is 0.0386. The molecule has 3 nitrogen and oxygen atoms in total. The lowest BCUT2D eigenvalue weighted by Gasteiger charge is -2.11. The third kappa shape index (κ3) is 2.30. The number of aliphatic hydroxyl groups is 1. The summed E-state index contributed by atoms with van der Waals surface area (Å²) in [5.74, 6) is -0.421. The molecule has 1 atom stereocenters. The molecule has 78 valence electrons. The number of nitrogens with zero attached hydrogens (tertiary/aromatic N) is 1. The van der Waals surface area contributed by atoms with Crippen molar-refractivity contribution in [2.24, 2.45) is 0 Å². The average Bonchev–Trinajstić information content (AvgIpc) is 2.48. The summed E-state index contributed by atoms with van der Waals surface area (Å²) in [5, 5.41) is 8.75. The van der Waals surface area contributed by atoms with Crippen LogP contribution >= 0.6 is 11.3 Å². The van der Waals surface area contributed by atoms with E-state index in [1.807, 2.05) is 0 Å². The molecule has 1 heterocycles. The van der Waals surface area contributed by atoms with Gasteiger partial charge in [0.1, 0.15) is 0 Å². The van der Waals surface area contributed by atoms with E-state index in [4.69, 9.17) is 5.11 Å². The van der Waals surface area contributed by atoms with Crippen LogP contribution in [0.4, 0.5) is 13.2 Å². The van der Waals surface area contributed by atoms with Crippen LogP contribution in [0.25, 0.3) is 0 Å². The Hall–Kier alpha value is -0.950. The van der Waals surface area contributed by atoms with Crippen LogP contribution in [-0.4, -0.2) is 22.1 Å². The molecule has 0 bridgehead atoms. The summed E-state index contributed by atoms with van der Waals surface area (Å²) in [6, 6.07) is 0. The van der Waals surface area contributed by atoms with Gasteiger partial charge in [0.05, 0.1) is 4.88 Å². The van der Waals surface area contributed by atoms with Gasteiger partial charge in [0.15, 0.2) is 16.9 Å². The predicted molar refractivity (Wildman–Crippen MR) is 43.1 cm³/mol. The lowest BCUT2D eigenvalue weighted by molar-refractivity contribution is -0.205. The van der Waals surface area contributed by atoms with Crippen LogP contribution in [0.2, 0.25) is 0 Å². The van der Waals surface area contributed by atoms with Crippen LogP contribution in [0.15, 0.2) is 6.20 Å². The summed E-state index contributed by atoms with van der Waals surface area (Å²) in [6.07, 6.45) is -6.42. The summed E-state index contributed by atoms with van der Waals surface area (Å²) in [7, 11) is 0. The van der Waals surface area contributed by atoms with E-state index in [1.165, 1.54) is 6.92 Å². The summed E-state index contributed by atoms with van der Waals surface area (Å²) < 4.78 is 36.0. The van der Waals surface area contributed by atoms with Crippen molar-refractivity contribution in [3.63, 3.8) is 0 Å². The fourth-order valence-corrected chi connectivity index (χ4v) is 1.56. The number of ketones is 1. The molecule has 1 aromatic rings. The highest BCUT2D eigenvalue weighted by Crippen LogP contribution is 2.34. The lowest BCUT2D eigenvalue weighted by Crippen LogP contribution is -2.19. The number of carbonyl (C=O) groups excluding carboxylic acids is 1. The van der Waals surface area contributed by atoms with Gasteiger partial charge in [-0.2, -0.15) is 13.2 Å². The highest BCUT2D eigenvalue weighted by Gasteiger charge is 2.40. The molecule has 0 aromatic carbocycles. The maximum Gasteiger partial charge on any atom is 0.419 e. The highest BCUT2D eigenvalue weighted by molar-refractivity contribution is 7.13. The van der Waals surface area contributed by atoms with Gasteiger partial charge in [-0.05, 0) is 0 Å². The molecule has 1 aromatic heterocycles. The van der Waals surface area contributed by atoms with Gasteiger partial charge in [-0.3, -0.25) is 4.79 Å². The Kier molecular flexibility index (Phi) is 2.91. The summed E-state index contributed by atoms with van der Waals surface area (Å²) >= 11 is 0.545. The van der Waals surface area contributed by atoms with Gasteiger partial charge in [-0.15, -0.1) is 11.3 Å². The first kappa shape index (κ1) is 11.1. The maximum absolute atomic E-state index is 12.0. The minimum atomic E-state index is -4.72. The van der Waals surface area contributed by atoms with Crippen molar-refractivity contribution < 1.29 is 23.1 Å². The Labute approximate surface area is 81.2 Å². The zero-order valence-corrected chi connectivity index (χ0v) is 7.82. The Balaban J connectivity index is 2.92. The van der Waals surface area contributed by atoms with Gasteiger partial charge >= 0.3 is 6.18 Å². The third-order valence-electron chi connectivity index (χ3n) is 1.40. The number of alkyl halides is 3. The van der Waals surface area contributed by atoms with Crippen LogP contribution in [0, 0.1) is 0 Å². The Morgan fingerprint density at radius 1 is 1.64 bits per heavy atom. The number of aromatic nitrogens is 1. The summed E-state index contributed by atoms with van der Waals surface area (Å²) in [5.41, 5.74) is 0. The second kappa shape index (κ2) is 3.66. The zero-order valence-electron chi connectivity index (χ0n) is 7.00.